The standard InChI is InChI=1S/C17H17FIN2O4SSi/c1-8-13(15(24)20-6-17(25,27)7-22)16(26-14(8)9(2)23)21-12-4-3-10(19)5-11(12)18/h3-5,21-22,25H,6-7H2,1-2H3,(H,20,24)/t17-/m0/s1. The van der Waals surface area contributed by atoms with Crippen molar-refractivity contribution in [1.82, 2.24) is 5.32 Å². The lowest BCUT2D eigenvalue weighted by Crippen LogP contribution is -2.46. The first-order valence-corrected chi connectivity index (χ1v) is 10.2. The monoisotopic (exact) mass is 519 g/mol. The molecule has 143 valence electrons. The van der Waals surface area contributed by atoms with Crippen LogP contribution in [-0.4, -0.2) is 50.5 Å². The minimum Gasteiger partial charge on any atom is -0.394 e. The number of anilines is 2. The highest BCUT2D eigenvalue weighted by molar-refractivity contribution is 14.1. The largest absolute Gasteiger partial charge is 0.394 e. The van der Waals surface area contributed by atoms with Crippen LogP contribution in [-0.2, 0) is 0 Å². The molecular weight excluding hydrogens is 502 g/mol. The quantitative estimate of drug-likeness (QED) is 0.256. The SMILES string of the molecule is CC(=O)c1sc(Nc2ccc(I)cc2F)c(C(=O)NC[C@](O)([Si])CO)c1C. The van der Waals surface area contributed by atoms with Crippen molar-refractivity contribution in [3.8, 4) is 0 Å². The van der Waals surface area contributed by atoms with E-state index < -0.39 is 23.6 Å². The smallest absolute Gasteiger partial charge is 0.254 e. The van der Waals surface area contributed by atoms with Crippen molar-refractivity contribution in [2.75, 3.05) is 18.5 Å². The van der Waals surface area contributed by atoms with Crippen LogP contribution in [0.5, 0.6) is 0 Å². The molecule has 4 N–H and O–H groups in total. The molecule has 2 rings (SSSR count). The summed E-state index contributed by atoms with van der Waals surface area (Å²) in [6.07, 6.45) is 0. The number of aliphatic hydroxyl groups is 2. The molecule has 0 unspecified atom stereocenters. The number of Topliss-reactive ketones (excluding diaryl/α,β-unsaturated/α-hetero) is 1. The minimum atomic E-state index is -1.67. The zero-order valence-electron chi connectivity index (χ0n) is 14.5. The highest BCUT2D eigenvalue weighted by atomic mass is 127. The van der Waals surface area contributed by atoms with Crippen molar-refractivity contribution in [3.05, 3.63) is 43.6 Å². The normalized spacial score (nSPS) is 13.1. The number of ketones is 1. The molecule has 0 fully saturated rings. The number of rotatable bonds is 7. The van der Waals surface area contributed by atoms with Crippen LogP contribution in [0, 0.1) is 16.3 Å². The predicted molar refractivity (Wildman–Crippen MR) is 112 cm³/mol. The summed E-state index contributed by atoms with van der Waals surface area (Å²) < 4.78 is 14.9. The van der Waals surface area contributed by atoms with Gasteiger partial charge in [0.25, 0.3) is 5.91 Å². The molecule has 0 spiro atoms. The Labute approximate surface area is 176 Å². The zero-order chi connectivity index (χ0) is 20.4. The molecule has 6 nitrogen and oxygen atoms in total. The fourth-order valence-corrected chi connectivity index (χ4v) is 3.95. The molecule has 1 aromatic carbocycles. The highest BCUT2D eigenvalue weighted by Gasteiger charge is 2.26. The van der Waals surface area contributed by atoms with Crippen molar-refractivity contribution >= 4 is 66.5 Å². The summed E-state index contributed by atoms with van der Waals surface area (Å²) >= 11 is 3.04. The second kappa shape index (κ2) is 8.77. The van der Waals surface area contributed by atoms with Crippen molar-refractivity contribution in [1.29, 1.82) is 0 Å². The molecule has 1 heterocycles. The Morgan fingerprint density at radius 3 is 2.63 bits per heavy atom. The predicted octanol–water partition coefficient (Wildman–Crippen LogP) is 2.33. The summed E-state index contributed by atoms with van der Waals surface area (Å²) in [6, 6.07) is 4.61. The maximum absolute atomic E-state index is 14.2. The third kappa shape index (κ3) is 5.35. The van der Waals surface area contributed by atoms with Gasteiger partial charge < -0.3 is 20.8 Å². The average Bonchev–Trinajstić information content (AvgIpc) is 2.92. The Balaban J connectivity index is 2.40. The van der Waals surface area contributed by atoms with Gasteiger partial charge in [0.05, 0.1) is 38.2 Å². The summed E-state index contributed by atoms with van der Waals surface area (Å²) in [5.41, 5.74) is 0.816. The van der Waals surface area contributed by atoms with Gasteiger partial charge in [-0.1, -0.05) is 0 Å². The van der Waals surface area contributed by atoms with Crippen LogP contribution in [0.3, 0.4) is 0 Å². The van der Waals surface area contributed by atoms with Gasteiger partial charge in [-0.25, -0.2) is 4.39 Å². The van der Waals surface area contributed by atoms with Crippen LogP contribution in [0.15, 0.2) is 18.2 Å². The number of benzene rings is 1. The van der Waals surface area contributed by atoms with Crippen LogP contribution in [0.4, 0.5) is 15.1 Å². The summed E-state index contributed by atoms with van der Waals surface area (Å²) in [4.78, 5) is 24.9. The molecule has 0 aliphatic heterocycles. The van der Waals surface area contributed by atoms with Gasteiger partial charge in [0.15, 0.2) is 5.78 Å². The van der Waals surface area contributed by atoms with E-state index in [0.29, 0.717) is 15.4 Å². The molecule has 1 aromatic heterocycles. The summed E-state index contributed by atoms with van der Waals surface area (Å²) in [6.45, 7) is 2.15. The fraction of sp³-hybridized carbons (Fsp3) is 0.294. The van der Waals surface area contributed by atoms with E-state index in [1.807, 2.05) is 22.6 Å². The molecule has 27 heavy (non-hydrogen) atoms. The number of nitrogens with one attached hydrogen (secondary N) is 2. The maximum Gasteiger partial charge on any atom is 0.254 e. The first-order chi connectivity index (χ1) is 12.6. The molecular formula is C17H17FIN2O4SSi. The number of hydrogen-bond donors (Lipinski definition) is 4. The van der Waals surface area contributed by atoms with Gasteiger partial charge in [-0.2, -0.15) is 0 Å². The van der Waals surface area contributed by atoms with Crippen LogP contribution in [0.1, 0.15) is 32.5 Å². The lowest BCUT2D eigenvalue weighted by molar-refractivity contribution is 0.0539. The molecule has 10 heteroatoms. The van der Waals surface area contributed by atoms with E-state index in [1.54, 1.807) is 19.1 Å². The van der Waals surface area contributed by atoms with Gasteiger partial charge in [-0.15, -0.1) is 11.3 Å². The van der Waals surface area contributed by atoms with E-state index in [0.717, 1.165) is 14.9 Å². The van der Waals surface area contributed by atoms with Crippen molar-refractivity contribution < 1.29 is 24.2 Å². The molecule has 0 aliphatic carbocycles. The van der Waals surface area contributed by atoms with Gasteiger partial charge in [-0.05, 0) is 60.2 Å². The van der Waals surface area contributed by atoms with E-state index in [9.17, 15) is 19.1 Å². The van der Waals surface area contributed by atoms with Gasteiger partial charge in [-0.3, -0.25) is 9.59 Å². The van der Waals surface area contributed by atoms with E-state index >= 15 is 0 Å². The number of hydrogen-bond acceptors (Lipinski definition) is 6. The van der Waals surface area contributed by atoms with Crippen LogP contribution in [0.25, 0.3) is 0 Å². The van der Waals surface area contributed by atoms with Gasteiger partial charge in [0.1, 0.15) is 10.8 Å². The van der Waals surface area contributed by atoms with Crippen LogP contribution >= 0.6 is 33.9 Å². The summed E-state index contributed by atoms with van der Waals surface area (Å²) in [5.74, 6) is -1.26. The van der Waals surface area contributed by atoms with Gasteiger partial charge in [0.2, 0.25) is 0 Å². The Hall–Kier alpha value is -1.34. The van der Waals surface area contributed by atoms with Crippen LogP contribution in [0.2, 0.25) is 0 Å². The number of thiophene rings is 1. The van der Waals surface area contributed by atoms with E-state index in [-0.39, 0.29) is 23.6 Å². The second-order valence-corrected chi connectivity index (χ2v) is 9.14. The topological polar surface area (TPSA) is 98.7 Å². The first kappa shape index (κ1) is 22.0. The Morgan fingerprint density at radius 2 is 2.07 bits per heavy atom. The third-order valence-electron chi connectivity index (χ3n) is 3.68. The fourth-order valence-electron chi connectivity index (χ4n) is 2.29. The highest BCUT2D eigenvalue weighted by Crippen LogP contribution is 2.36. The summed E-state index contributed by atoms with van der Waals surface area (Å²) in [5, 5.41) is 22.9. The number of amides is 1. The Kier molecular flexibility index (Phi) is 7.13. The van der Waals surface area contributed by atoms with Crippen LogP contribution < -0.4 is 10.6 Å². The second-order valence-electron chi connectivity index (χ2n) is 5.94. The summed E-state index contributed by atoms with van der Waals surface area (Å²) in [7, 11) is 2.95. The number of aliphatic hydroxyl groups excluding tert-OH is 1. The molecule has 0 saturated heterocycles. The first-order valence-electron chi connectivity index (χ1n) is 7.78. The van der Waals surface area contributed by atoms with Crippen molar-refractivity contribution in [2.45, 2.75) is 19.1 Å². The average molecular weight is 519 g/mol. The number of halogens is 2. The number of carbonyl (C=O) groups excluding carboxylic acids is 2. The molecule has 0 saturated carbocycles. The minimum absolute atomic E-state index is 0.174. The van der Waals surface area contributed by atoms with E-state index in [2.05, 4.69) is 20.9 Å². The molecule has 0 bridgehead atoms. The lowest BCUT2D eigenvalue weighted by atomic mass is 10.1. The molecule has 1 atom stereocenters. The number of carbonyl (C=O) groups is 2. The van der Waals surface area contributed by atoms with Crippen molar-refractivity contribution in [3.63, 3.8) is 0 Å². The maximum atomic E-state index is 14.2. The van der Waals surface area contributed by atoms with E-state index in [1.165, 1.54) is 13.0 Å². The molecule has 1 amide bonds. The van der Waals surface area contributed by atoms with Gasteiger partial charge >= 0.3 is 0 Å². The zero-order valence-corrected chi connectivity index (χ0v) is 18.5. The van der Waals surface area contributed by atoms with Crippen molar-refractivity contribution in [2.24, 2.45) is 0 Å². The third-order valence-corrected chi connectivity index (χ3v) is 5.99. The van der Waals surface area contributed by atoms with E-state index in [4.69, 9.17) is 5.11 Å². The lowest BCUT2D eigenvalue weighted by Gasteiger charge is -2.20. The molecule has 2 aromatic rings. The molecule has 3 radical (unpaired) electrons. The molecule has 0 aliphatic rings. The van der Waals surface area contributed by atoms with Gasteiger partial charge in [0, 0.05) is 10.1 Å². The Morgan fingerprint density at radius 1 is 1.41 bits per heavy atom. The Bertz CT molecular complexity index is 888.